The molecule has 2 aromatic rings. The van der Waals surface area contributed by atoms with Crippen molar-refractivity contribution < 1.29 is 14.3 Å². The number of hydrogen-bond acceptors (Lipinski definition) is 4. The zero-order valence-corrected chi connectivity index (χ0v) is 15.4. The van der Waals surface area contributed by atoms with Crippen LogP contribution in [0.5, 0.6) is 5.75 Å². The van der Waals surface area contributed by atoms with E-state index in [1.807, 2.05) is 50.2 Å². The molecule has 2 amide bonds. The number of anilines is 2. The Morgan fingerprint density at radius 2 is 1.81 bits per heavy atom. The van der Waals surface area contributed by atoms with E-state index >= 15 is 0 Å². The van der Waals surface area contributed by atoms with Gasteiger partial charge in [0.05, 0.1) is 5.56 Å². The van der Waals surface area contributed by atoms with Crippen molar-refractivity contribution in [2.45, 2.75) is 13.3 Å². The van der Waals surface area contributed by atoms with Gasteiger partial charge in [-0.05, 0) is 36.8 Å². The molecular formula is C20H25N3O3. The molecule has 2 rings (SSSR count). The predicted octanol–water partition coefficient (Wildman–Crippen LogP) is 2.91. The highest BCUT2D eigenvalue weighted by atomic mass is 16.5. The summed E-state index contributed by atoms with van der Waals surface area (Å²) in [7, 11) is 3.75. The molecule has 0 unspecified atom stereocenters. The van der Waals surface area contributed by atoms with Crippen molar-refractivity contribution in [2.24, 2.45) is 0 Å². The van der Waals surface area contributed by atoms with Crippen LogP contribution in [-0.4, -0.2) is 39.1 Å². The van der Waals surface area contributed by atoms with Gasteiger partial charge >= 0.3 is 0 Å². The van der Waals surface area contributed by atoms with Crippen LogP contribution in [0.3, 0.4) is 0 Å². The number of hydrogen-bond donors (Lipinski definition) is 2. The zero-order valence-electron chi connectivity index (χ0n) is 15.4. The van der Waals surface area contributed by atoms with Crippen LogP contribution in [0.25, 0.3) is 0 Å². The van der Waals surface area contributed by atoms with Crippen LogP contribution in [0.1, 0.15) is 23.7 Å². The highest BCUT2D eigenvalue weighted by Gasteiger charge is 2.14. The van der Waals surface area contributed by atoms with E-state index in [4.69, 9.17) is 4.74 Å². The first kappa shape index (κ1) is 19.3. The molecule has 6 nitrogen and oxygen atoms in total. The van der Waals surface area contributed by atoms with Crippen LogP contribution in [0.4, 0.5) is 11.4 Å². The van der Waals surface area contributed by atoms with Crippen molar-refractivity contribution in [3.05, 3.63) is 54.1 Å². The number of rotatable bonds is 8. The summed E-state index contributed by atoms with van der Waals surface area (Å²) in [6.07, 6.45) is 0.857. The number of carbonyl (C=O) groups is 2. The number of nitrogens with zero attached hydrogens (tertiary/aromatic N) is 1. The van der Waals surface area contributed by atoms with Crippen molar-refractivity contribution in [1.29, 1.82) is 0 Å². The number of benzene rings is 2. The standard InChI is InChI=1S/C20H25N3O3/c1-4-12-21-20(25)17-13-15(10-11-18(17)23(2)3)22-19(24)14-26-16-8-6-5-7-9-16/h5-11,13H,4,12,14H2,1-3H3,(H,21,25)(H,22,24). The number of nitrogens with one attached hydrogen (secondary N) is 2. The molecule has 26 heavy (non-hydrogen) atoms. The Hall–Kier alpha value is -3.02. The molecule has 0 bridgehead atoms. The minimum Gasteiger partial charge on any atom is -0.484 e. The predicted molar refractivity (Wildman–Crippen MR) is 104 cm³/mol. The first-order chi connectivity index (χ1) is 12.5. The number of ether oxygens (including phenoxy) is 1. The summed E-state index contributed by atoms with van der Waals surface area (Å²) in [5.74, 6) is 0.184. The van der Waals surface area contributed by atoms with Crippen LogP contribution in [0.15, 0.2) is 48.5 Å². The van der Waals surface area contributed by atoms with Crippen LogP contribution in [-0.2, 0) is 4.79 Å². The summed E-state index contributed by atoms with van der Waals surface area (Å²) >= 11 is 0. The van der Waals surface area contributed by atoms with E-state index in [2.05, 4.69) is 10.6 Å². The lowest BCUT2D eigenvalue weighted by Crippen LogP contribution is -2.27. The summed E-state index contributed by atoms with van der Waals surface area (Å²) in [5, 5.41) is 5.64. The van der Waals surface area contributed by atoms with Gasteiger partial charge in [0.2, 0.25) is 0 Å². The van der Waals surface area contributed by atoms with Gasteiger partial charge in [0.1, 0.15) is 5.75 Å². The third-order valence-corrected chi connectivity index (χ3v) is 3.66. The fourth-order valence-electron chi connectivity index (χ4n) is 2.38. The largest absolute Gasteiger partial charge is 0.484 e. The average Bonchev–Trinajstić information content (AvgIpc) is 2.65. The molecule has 0 saturated carbocycles. The fourth-order valence-corrected chi connectivity index (χ4v) is 2.38. The van der Waals surface area contributed by atoms with Crippen molar-refractivity contribution in [1.82, 2.24) is 5.32 Å². The normalized spacial score (nSPS) is 10.1. The van der Waals surface area contributed by atoms with E-state index in [9.17, 15) is 9.59 Å². The van der Waals surface area contributed by atoms with Gasteiger partial charge in [-0.2, -0.15) is 0 Å². The number of carbonyl (C=O) groups excluding carboxylic acids is 2. The summed E-state index contributed by atoms with van der Waals surface area (Å²) < 4.78 is 5.43. The molecule has 0 aromatic heterocycles. The third-order valence-electron chi connectivity index (χ3n) is 3.66. The van der Waals surface area contributed by atoms with Gasteiger partial charge in [0.25, 0.3) is 11.8 Å². The second-order valence-electron chi connectivity index (χ2n) is 6.03. The number of para-hydroxylation sites is 1. The first-order valence-corrected chi connectivity index (χ1v) is 8.58. The minimum absolute atomic E-state index is 0.100. The topological polar surface area (TPSA) is 70.7 Å². The molecule has 0 fully saturated rings. The van der Waals surface area contributed by atoms with E-state index in [1.165, 1.54) is 0 Å². The van der Waals surface area contributed by atoms with Crippen LogP contribution in [0, 0.1) is 0 Å². The van der Waals surface area contributed by atoms with Gasteiger partial charge < -0.3 is 20.3 Å². The molecule has 0 aliphatic heterocycles. The molecule has 0 aliphatic rings. The monoisotopic (exact) mass is 355 g/mol. The molecule has 0 heterocycles. The van der Waals surface area contributed by atoms with E-state index in [0.717, 1.165) is 12.1 Å². The third kappa shape index (κ3) is 5.51. The van der Waals surface area contributed by atoms with Crippen molar-refractivity contribution in [2.75, 3.05) is 37.5 Å². The van der Waals surface area contributed by atoms with Gasteiger partial charge in [-0.1, -0.05) is 25.1 Å². The zero-order chi connectivity index (χ0) is 18.9. The summed E-state index contributed by atoms with van der Waals surface area (Å²) in [6.45, 7) is 2.50. The Kier molecular flexibility index (Phi) is 7.02. The molecule has 0 atom stereocenters. The fraction of sp³-hybridized carbons (Fsp3) is 0.300. The van der Waals surface area contributed by atoms with E-state index < -0.39 is 0 Å². The Morgan fingerprint density at radius 3 is 2.46 bits per heavy atom. The molecule has 0 radical (unpaired) electrons. The molecule has 0 aliphatic carbocycles. The Morgan fingerprint density at radius 1 is 1.08 bits per heavy atom. The summed E-state index contributed by atoms with van der Waals surface area (Å²) in [4.78, 5) is 26.4. The molecule has 6 heteroatoms. The Balaban J connectivity index is 2.06. The molecule has 0 spiro atoms. The van der Waals surface area contributed by atoms with Crippen LogP contribution in [0.2, 0.25) is 0 Å². The highest BCUT2D eigenvalue weighted by Crippen LogP contribution is 2.23. The maximum atomic E-state index is 12.4. The average molecular weight is 355 g/mol. The molecule has 138 valence electrons. The van der Waals surface area contributed by atoms with Crippen LogP contribution >= 0.6 is 0 Å². The van der Waals surface area contributed by atoms with Crippen LogP contribution < -0.4 is 20.3 Å². The van der Waals surface area contributed by atoms with Gasteiger partial charge in [0, 0.05) is 32.0 Å². The Bertz CT molecular complexity index is 745. The highest BCUT2D eigenvalue weighted by molar-refractivity contribution is 6.02. The molecular weight excluding hydrogens is 330 g/mol. The van der Waals surface area contributed by atoms with E-state index in [-0.39, 0.29) is 18.4 Å². The lowest BCUT2D eigenvalue weighted by Gasteiger charge is -2.18. The maximum Gasteiger partial charge on any atom is 0.262 e. The van der Waals surface area contributed by atoms with E-state index in [0.29, 0.717) is 23.5 Å². The van der Waals surface area contributed by atoms with Gasteiger partial charge in [-0.25, -0.2) is 0 Å². The second-order valence-corrected chi connectivity index (χ2v) is 6.03. The van der Waals surface area contributed by atoms with Gasteiger partial charge in [0.15, 0.2) is 6.61 Å². The molecule has 2 N–H and O–H groups in total. The van der Waals surface area contributed by atoms with Crippen molar-refractivity contribution in [3.8, 4) is 5.75 Å². The van der Waals surface area contributed by atoms with Gasteiger partial charge in [-0.15, -0.1) is 0 Å². The lowest BCUT2D eigenvalue weighted by atomic mass is 10.1. The van der Waals surface area contributed by atoms with E-state index in [1.54, 1.807) is 24.3 Å². The smallest absolute Gasteiger partial charge is 0.262 e. The van der Waals surface area contributed by atoms with Gasteiger partial charge in [-0.3, -0.25) is 9.59 Å². The second kappa shape index (κ2) is 9.46. The minimum atomic E-state index is -0.286. The quantitative estimate of drug-likeness (QED) is 0.764. The first-order valence-electron chi connectivity index (χ1n) is 8.58. The number of amides is 2. The lowest BCUT2D eigenvalue weighted by molar-refractivity contribution is -0.118. The molecule has 2 aromatic carbocycles. The molecule has 0 saturated heterocycles. The Labute approximate surface area is 154 Å². The maximum absolute atomic E-state index is 12.4. The van der Waals surface area contributed by atoms with Crippen molar-refractivity contribution >= 4 is 23.2 Å². The van der Waals surface area contributed by atoms with Crippen molar-refractivity contribution in [3.63, 3.8) is 0 Å². The summed E-state index contributed by atoms with van der Waals surface area (Å²) in [5.41, 5.74) is 1.86. The summed E-state index contributed by atoms with van der Waals surface area (Å²) in [6, 6.07) is 14.4. The SMILES string of the molecule is CCCNC(=O)c1cc(NC(=O)COc2ccccc2)ccc1N(C)C.